The Morgan fingerprint density at radius 1 is 1.14 bits per heavy atom. The molecule has 0 unspecified atom stereocenters. The molecule has 0 atom stereocenters. The van der Waals surface area contributed by atoms with Crippen molar-refractivity contribution >= 4 is 39.0 Å². The maximum absolute atomic E-state index is 12.9. The van der Waals surface area contributed by atoms with Gasteiger partial charge in [0.05, 0.1) is 23.2 Å². The molecule has 1 aliphatic heterocycles. The van der Waals surface area contributed by atoms with Crippen LogP contribution in [-0.4, -0.2) is 46.0 Å². The number of nitrogen functional groups attached to an aromatic ring is 1. The average Bonchev–Trinajstić information content (AvgIpc) is 3.73. The molecular weight excluding hydrogens is 488 g/mol. The molecule has 0 aromatic heterocycles. The van der Waals surface area contributed by atoms with Crippen LogP contribution in [0.2, 0.25) is 0 Å². The van der Waals surface area contributed by atoms with E-state index in [1.165, 1.54) is 6.26 Å². The molecule has 8 nitrogen and oxygen atoms in total. The van der Waals surface area contributed by atoms with E-state index in [1.54, 1.807) is 36.4 Å². The molecule has 1 heterocycles. The molecule has 192 valence electrons. The SMILES string of the molecule is CS(=O)(=O)c1ccc(CNC(=O)c2ccc3c(c2)OCCCN3c2ccc(N)c(C=NC3CC3)c2)cc1. The maximum Gasteiger partial charge on any atom is 0.251 e. The third kappa shape index (κ3) is 5.94. The number of anilines is 3. The van der Waals surface area contributed by atoms with Crippen molar-refractivity contribution in [2.24, 2.45) is 4.99 Å². The third-order valence-electron chi connectivity index (χ3n) is 6.45. The largest absolute Gasteiger partial charge is 0.491 e. The Hall–Kier alpha value is -3.85. The van der Waals surface area contributed by atoms with E-state index in [9.17, 15) is 13.2 Å². The number of rotatable bonds is 7. The van der Waals surface area contributed by atoms with Gasteiger partial charge in [0.25, 0.3) is 5.91 Å². The highest BCUT2D eigenvalue weighted by Gasteiger charge is 2.21. The number of nitrogens with zero attached hydrogens (tertiary/aromatic N) is 2. The van der Waals surface area contributed by atoms with Gasteiger partial charge in [-0.2, -0.15) is 0 Å². The first-order valence-corrected chi connectivity index (χ1v) is 14.2. The molecule has 1 aliphatic carbocycles. The van der Waals surface area contributed by atoms with Crippen molar-refractivity contribution in [1.82, 2.24) is 5.32 Å². The Bertz CT molecular complexity index is 1450. The lowest BCUT2D eigenvalue weighted by atomic mass is 10.1. The van der Waals surface area contributed by atoms with E-state index in [1.807, 2.05) is 30.5 Å². The number of carbonyl (C=O) groups excluding carboxylic acids is 1. The van der Waals surface area contributed by atoms with Crippen molar-refractivity contribution in [1.29, 1.82) is 0 Å². The number of nitrogens with one attached hydrogen (secondary N) is 1. The highest BCUT2D eigenvalue weighted by molar-refractivity contribution is 7.90. The Kier molecular flexibility index (Phi) is 6.88. The molecule has 0 radical (unpaired) electrons. The molecule has 3 N–H and O–H groups in total. The zero-order valence-electron chi connectivity index (χ0n) is 20.7. The van der Waals surface area contributed by atoms with Gasteiger partial charge in [-0.1, -0.05) is 12.1 Å². The van der Waals surface area contributed by atoms with Crippen molar-refractivity contribution in [3.8, 4) is 5.75 Å². The summed E-state index contributed by atoms with van der Waals surface area (Å²) in [6, 6.07) is 18.3. The first-order chi connectivity index (χ1) is 17.8. The van der Waals surface area contributed by atoms with E-state index >= 15 is 0 Å². The normalized spacial score (nSPS) is 15.6. The van der Waals surface area contributed by atoms with E-state index in [2.05, 4.69) is 15.2 Å². The van der Waals surface area contributed by atoms with Gasteiger partial charge in [-0.25, -0.2) is 8.42 Å². The quantitative estimate of drug-likeness (QED) is 0.360. The number of nitrogens with two attached hydrogens (primary N) is 1. The summed E-state index contributed by atoms with van der Waals surface area (Å²) in [5, 5.41) is 2.89. The van der Waals surface area contributed by atoms with Gasteiger partial charge in [-0.05, 0) is 73.4 Å². The third-order valence-corrected chi connectivity index (χ3v) is 7.58. The zero-order valence-corrected chi connectivity index (χ0v) is 21.5. The minimum atomic E-state index is -3.26. The number of hydrogen-bond donors (Lipinski definition) is 2. The highest BCUT2D eigenvalue weighted by Crippen LogP contribution is 2.37. The van der Waals surface area contributed by atoms with Gasteiger partial charge in [-0.3, -0.25) is 9.79 Å². The number of amides is 1. The minimum absolute atomic E-state index is 0.236. The number of benzene rings is 3. The molecule has 0 spiro atoms. The smallest absolute Gasteiger partial charge is 0.251 e. The second-order valence-corrected chi connectivity index (χ2v) is 11.5. The minimum Gasteiger partial charge on any atom is -0.491 e. The Morgan fingerprint density at radius 2 is 1.92 bits per heavy atom. The first-order valence-electron chi connectivity index (χ1n) is 12.3. The Balaban J connectivity index is 1.33. The number of carbonyl (C=O) groups is 1. The van der Waals surface area contributed by atoms with Gasteiger partial charge in [0.1, 0.15) is 5.75 Å². The average molecular weight is 519 g/mol. The lowest BCUT2D eigenvalue weighted by Gasteiger charge is -2.25. The number of aliphatic imine (C=N–C) groups is 1. The van der Waals surface area contributed by atoms with Crippen LogP contribution in [0.15, 0.2) is 70.6 Å². The van der Waals surface area contributed by atoms with E-state index < -0.39 is 9.84 Å². The van der Waals surface area contributed by atoms with E-state index in [0.29, 0.717) is 29.6 Å². The summed E-state index contributed by atoms with van der Waals surface area (Å²) in [7, 11) is -3.26. The predicted octanol–water partition coefficient (Wildman–Crippen LogP) is 4.10. The fourth-order valence-electron chi connectivity index (χ4n) is 4.18. The van der Waals surface area contributed by atoms with Crippen LogP contribution in [0.4, 0.5) is 17.1 Å². The summed E-state index contributed by atoms with van der Waals surface area (Å²) in [4.78, 5) is 19.9. The molecule has 3 aromatic rings. The van der Waals surface area contributed by atoms with E-state index in [0.717, 1.165) is 48.3 Å². The molecule has 3 aromatic carbocycles. The van der Waals surface area contributed by atoms with Crippen LogP contribution in [0.3, 0.4) is 0 Å². The van der Waals surface area contributed by atoms with Crippen LogP contribution in [0.1, 0.15) is 40.7 Å². The summed E-state index contributed by atoms with van der Waals surface area (Å²) < 4.78 is 29.3. The fourth-order valence-corrected chi connectivity index (χ4v) is 4.81. The van der Waals surface area contributed by atoms with Gasteiger partial charge in [0.15, 0.2) is 9.84 Å². The summed E-state index contributed by atoms with van der Waals surface area (Å²) in [6.07, 6.45) is 6.14. The van der Waals surface area contributed by atoms with Gasteiger partial charge < -0.3 is 20.7 Å². The maximum atomic E-state index is 12.9. The van der Waals surface area contributed by atoms with Crippen LogP contribution in [0.5, 0.6) is 5.75 Å². The number of sulfone groups is 1. The van der Waals surface area contributed by atoms with Gasteiger partial charge >= 0.3 is 0 Å². The molecule has 0 saturated heterocycles. The van der Waals surface area contributed by atoms with Crippen molar-refractivity contribution in [2.75, 3.05) is 30.0 Å². The van der Waals surface area contributed by atoms with Gasteiger partial charge in [0, 0.05) is 48.1 Å². The summed E-state index contributed by atoms with van der Waals surface area (Å²) >= 11 is 0. The second-order valence-electron chi connectivity index (χ2n) is 9.46. The molecule has 1 fully saturated rings. The lowest BCUT2D eigenvalue weighted by Crippen LogP contribution is -2.23. The highest BCUT2D eigenvalue weighted by atomic mass is 32.2. The Morgan fingerprint density at radius 3 is 2.65 bits per heavy atom. The monoisotopic (exact) mass is 518 g/mol. The number of ether oxygens (including phenoxy) is 1. The van der Waals surface area contributed by atoms with Crippen LogP contribution in [0, 0.1) is 0 Å². The van der Waals surface area contributed by atoms with Crippen molar-refractivity contribution < 1.29 is 17.9 Å². The summed E-state index contributed by atoms with van der Waals surface area (Å²) in [6.45, 7) is 1.60. The summed E-state index contributed by atoms with van der Waals surface area (Å²) in [5.41, 5.74) is 11.0. The van der Waals surface area contributed by atoms with Crippen LogP contribution < -0.4 is 20.7 Å². The molecule has 2 aliphatic rings. The van der Waals surface area contributed by atoms with Gasteiger partial charge in [0.2, 0.25) is 0 Å². The number of fused-ring (bicyclic) bond motifs is 1. The number of hydrogen-bond acceptors (Lipinski definition) is 7. The molecule has 5 rings (SSSR count). The van der Waals surface area contributed by atoms with Crippen molar-refractivity contribution in [3.63, 3.8) is 0 Å². The first kappa shape index (κ1) is 24.8. The lowest BCUT2D eigenvalue weighted by molar-refractivity contribution is 0.0950. The second kappa shape index (κ2) is 10.3. The van der Waals surface area contributed by atoms with Crippen molar-refractivity contribution in [2.45, 2.75) is 36.7 Å². The van der Waals surface area contributed by atoms with Crippen LogP contribution in [-0.2, 0) is 16.4 Å². The molecular formula is C28H30N4O4S. The fraction of sp³-hybridized carbons (Fsp3) is 0.286. The molecule has 1 amide bonds. The summed E-state index contributed by atoms with van der Waals surface area (Å²) in [5.74, 6) is 0.410. The molecule has 1 saturated carbocycles. The molecule has 9 heteroatoms. The van der Waals surface area contributed by atoms with E-state index in [4.69, 9.17) is 10.5 Å². The van der Waals surface area contributed by atoms with Crippen LogP contribution >= 0.6 is 0 Å². The van der Waals surface area contributed by atoms with Gasteiger partial charge in [-0.15, -0.1) is 0 Å². The van der Waals surface area contributed by atoms with Crippen molar-refractivity contribution in [3.05, 3.63) is 77.4 Å². The predicted molar refractivity (Wildman–Crippen MR) is 146 cm³/mol. The zero-order chi connectivity index (χ0) is 26.0. The topological polar surface area (TPSA) is 114 Å². The Labute approximate surface area is 217 Å². The van der Waals surface area contributed by atoms with Crippen LogP contribution in [0.25, 0.3) is 0 Å². The molecule has 0 bridgehead atoms. The van der Waals surface area contributed by atoms with E-state index in [-0.39, 0.29) is 17.3 Å². The standard InChI is InChI=1S/C28H30N4O4S/c1-37(34,35)24-9-3-19(4-10-24)17-31-28(33)20-5-12-26-27(16-20)36-14-2-13-32(26)23-8-11-25(29)21(15-23)18-30-22-6-7-22/h3-5,8-12,15-16,18,22H,2,6-7,13-14,17,29H2,1H3,(H,31,33). The molecule has 37 heavy (non-hydrogen) atoms.